The Balaban J connectivity index is 0.000000233. The fourth-order valence-corrected chi connectivity index (χ4v) is 3.00. The summed E-state index contributed by atoms with van der Waals surface area (Å²) in [6.45, 7) is 0. The van der Waals surface area contributed by atoms with Crippen molar-refractivity contribution in [2.45, 2.75) is 12.6 Å². The summed E-state index contributed by atoms with van der Waals surface area (Å²) in [5.74, 6) is -1.50. The molecule has 0 amide bonds. The molecule has 28 heavy (non-hydrogen) atoms. The van der Waals surface area contributed by atoms with E-state index in [9.17, 15) is 13.6 Å². The zero-order valence-electron chi connectivity index (χ0n) is 14.6. The predicted octanol–water partition coefficient (Wildman–Crippen LogP) is 3.93. The molecule has 0 aliphatic heterocycles. The maximum absolute atomic E-state index is 13.8. The van der Waals surface area contributed by atoms with Gasteiger partial charge in [0.05, 0.1) is 17.6 Å². The standard InChI is InChI=1S/C16H11FN4.C4H5FO2/c17-12-5-13(14-8-20-21-15(14)6-12)10-2-1-9-4-16(18)19-7-11(9)3-10;5-3-1-2(3)4(6)7/h1-8H,(H2,18,19)(H,20,21);2-3H,1H2,(H,6,7)/t;2-,3+/m.1/s1. The first-order chi connectivity index (χ1) is 13.4. The molecule has 8 heteroatoms. The topological polar surface area (TPSA) is 105 Å². The SMILES string of the molecule is Nc1cc2ccc(-c3cc(F)cc4[nH]ncc34)cc2cn1.O=C(O)[C@@H]1C[C@@H]1F. The Labute approximate surface area is 158 Å². The van der Waals surface area contributed by atoms with Crippen LogP contribution in [-0.2, 0) is 4.79 Å². The molecule has 0 unspecified atom stereocenters. The minimum absolute atomic E-state index is 0.218. The Hall–Kier alpha value is -3.55. The van der Waals surface area contributed by atoms with Crippen molar-refractivity contribution < 1.29 is 18.7 Å². The zero-order valence-corrected chi connectivity index (χ0v) is 14.6. The minimum Gasteiger partial charge on any atom is -0.481 e. The van der Waals surface area contributed by atoms with Crippen molar-refractivity contribution in [1.29, 1.82) is 0 Å². The van der Waals surface area contributed by atoms with Gasteiger partial charge >= 0.3 is 5.97 Å². The number of H-pyrrole nitrogens is 1. The number of nitrogens with one attached hydrogen (secondary N) is 1. The average Bonchev–Trinajstić information content (AvgIpc) is 3.22. The Bertz CT molecular complexity index is 1190. The Morgan fingerprint density at radius 1 is 1.18 bits per heavy atom. The van der Waals surface area contributed by atoms with E-state index < -0.39 is 18.1 Å². The fourth-order valence-electron chi connectivity index (χ4n) is 3.00. The second-order valence-corrected chi connectivity index (χ2v) is 6.65. The molecule has 1 fully saturated rings. The second-order valence-electron chi connectivity index (χ2n) is 6.65. The summed E-state index contributed by atoms with van der Waals surface area (Å²) in [6, 6.07) is 10.7. The molecule has 0 spiro atoms. The number of pyridine rings is 1. The highest BCUT2D eigenvalue weighted by Crippen LogP contribution is 2.33. The van der Waals surface area contributed by atoms with Crippen LogP contribution in [0.3, 0.4) is 0 Å². The monoisotopic (exact) mass is 382 g/mol. The summed E-state index contributed by atoms with van der Waals surface area (Å²) in [5, 5.41) is 17.6. The van der Waals surface area contributed by atoms with Crippen LogP contribution in [-0.4, -0.2) is 32.4 Å². The van der Waals surface area contributed by atoms with Crippen LogP contribution >= 0.6 is 0 Å². The van der Waals surface area contributed by atoms with Gasteiger partial charge in [-0.15, -0.1) is 0 Å². The number of anilines is 1. The van der Waals surface area contributed by atoms with Crippen LogP contribution in [0.4, 0.5) is 14.6 Å². The quantitative estimate of drug-likeness (QED) is 0.487. The summed E-state index contributed by atoms with van der Waals surface area (Å²) in [4.78, 5) is 13.8. The maximum atomic E-state index is 13.8. The molecule has 2 heterocycles. The summed E-state index contributed by atoms with van der Waals surface area (Å²) < 4.78 is 25.4. The number of fused-ring (bicyclic) bond motifs is 2. The van der Waals surface area contributed by atoms with E-state index in [1.165, 1.54) is 12.1 Å². The number of aromatic amines is 1. The van der Waals surface area contributed by atoms with E-state index in [0.29, 0.717) is 11.3 Å². The van der Waals surface area contributed by atoms with E-state index in [1.54, 1.807) is 12.4 Å². The van der Waals surface area contributed by atoms with E-state index in [1.807, 2.05) is 24.3 Å². The normalized spacial score (nSPS) is 17.9. The summed E-state index contributed by atoms with van der Waals surface area (Å²) >= 11 is 0. The second kappa shape index (κ2) is 6.88. The van der Waals surface area contributed by atoms with Crippen molar-refractivity contribution in [1.82, 2.24) is 15.2 Å². The largest absolute Gasteiger partial charge is 0.481 e. The van der Waals surface area contributed by atoms with Gasteiger partial charge in [0.15, 0.2) is 0 Å². The molecule has 142 valence electrons. The Kier molecular flexibility index (Phi) is 4.38. The van der Waals surface area contributed by atoms with Crippen LogP contribution in [0.2, 0.25) is 0 Å². The lowest BCUT2D eigenvalue weighted by atomic mass is 9.99. The fraction of sp³-hybridized carbons (Fsp3) is 0.150. The number of aromatic nitrogens is 3. The number of rotatable bonds is 2. The highest BCUT2D eigenvalue weighted by atomic mass is 19.1. The molecule has 0 saturated heterocycles. The average molecular weight is 382 g/mol. The van der Waals surface area contributed by atoms with Gasteiger partial charge in [0, 0.05) is 17.0 Å². The molecule has 5 rings (SSSR count). The molecule has 0 bridgehead atoms. The highest BCUT2D eigenvalue weighted by Gasteiger charge is 2.43. The van der Waals surface area contributed by atoms with Gasteiger partial charge in [-0.1, -0.05) is 12.1 Å². The van der Waals surface area contributed by atoms with Crippen molar-refractivity contribution in [3.8, 4) is 11.1 Å². The Morgan fingerprint density at radius 2 is 1.96 bits per heavy atom. The van der Waals surface area contributed by atoms with Crippen LogP contribution in [0.15, 0.2) is 48.8 Å². The van der Waals surface area contributed by atoms with Crippen LogP contribution < -0.4 is 5.73 Å². The van der Waals surface area contributed by atoms with Gasteiger partial charge in [0.2, 0.25) is 0 Å². The summed E-state index contributed by atoms with van der Waals surface area (Å²) in [5.41, 5.74) is 8.08. The number of alkyl halides is 1. The molecule has 0 radical (unpaired) electrons. The van der Waals surface area contributed by atoms with Crippen molar-refractivity contribution >= 4 is 33.5 Å². The first-order valence-electron chi connectivity index (χ1n) is 8.57. The third-order valence-electron chi connectivity index (χ3n) is 4.61. The van der Waals surface area contributed by atoms with Crippen LogP contribution in [0.25, 0.3) is 32.8 Å². The lowest BCUT2D eigenvalue weighted by Crippen LogP contribution is -1.98. The maximum Gasteiger partial charge on any atom is 0.309 e. The number of hydrogen-bond acceptors (Lipinski definition) is 4. The number of halogens is 2. The molecule has 1 saturated carbocycles. The van der Waals surface area contributed by atoms with Crippen LogP contribution in [0, 0.1) is 11.7 Å². The van der Waals surface area contributed by atoms with Gasteiger partial charge in [0.1, 0.15) is 17.8 Å². The van der Waals surface area contributed by atoms with Crippen molar-refractivity contribution in [2.75, 3.05) is 5.73 Å². The van der Waals surface area contributed by atoms with Crippen molar-refractivity contribution in [3.63, 3.8) is 0 Å². The highest BCUT2D eigenvalue weighted by molar-refractivity contribution is 5.97. The number of carboxylic acids is 1. The van der Waals surface area contributed by atoms with E-state index in [2.05, 4.69) is 15.2 Å². The molecule has 1 aliphatic rings. The number of benzene rings is 2. The smallest absolute Gasteiger partial charge is 0.309 e. The summed E-state index contributed by atoms with van der Waals surface area (Å²) in [6.07, 6.45) is 2.59. The van der Waals surface area contributed by atoms with Crippen LogP contribution in [0.1, 0.15) is 6.42 Å². The van der Waals surface area contributed by atoms with Crippen molar-refractivity contribution in [3.05, 3.63) is 54.6 Å². The van der Waals surface area contributed by atoms with Gasteiger partial charge in [-0.2, -0.15) is 5.10 Å². The minimum atomic E-state index is -1.06. The van der Waals surface area contributed by atoms with Gasteiger partial charge in [-0.3, -0.25) is 9.89 Å². The van der Waals surface area contributed by atoms with E-state index in [-0.39, 0.29) is 12.2 Å². The number of hydrogen-bond donors (Lipinski definition) is 3. The van der Waals surface area contributed by atoms with E-state index in [0.717, 1.165) is 27.3 Å². The molecular formula is C20H16F2N4O2. The molecule has 4 aromatic rings. The number of nitrogens with two attached hydrogens (primary N) is 1. The first kappa shape index (κ1) is 17.8. The number of carbonyl (C=O) groups is 1. The molecule has 1 aliphatic carbocycles. The molecular weight excluding hydrogens is 366 g/mol. The lowest BCUT2D eigenvalue weighted by molar-refractivity contribution is -0.138. The number of nitrogens with zero attached hydrogens (tertiary/aromatic N) is 2. The van der Waals surface area contributed by atoms with Gasteiger partial charge in [-0.05, 0) is 47.2 Å². The number of carboxylic acid groups (broad SMARTS) is 1. The Morgan fingerprint density at radius 3 is 2.64 bits per heavy atom. The molecule has 6 nitrogen and oxygen atoms in total. The predicted molar refractivity (Wildman–Crippen MR) is 102 cm³/mol. The molecule has 4 N–H and O–H groups in total. The number of nitrogen functional groups attached to an aromatic ring is 1. The molecule has 2 atom stereocenters. The first-order valence-corrected chi connectivity index (χ1v) is 8.57. The zero-order chi connectivity index (χ0) is 19.8. The lowest BCUT2D eigenvalue weighted by Gasteiger charge is -2.06. The van der Waals surface area contributed by atoms with Gasteiger partial charge < -0.3 is 10.8 Å². The van der Waals surface area contributed by atoms with Gasteiger partial charge in [0.25, 0.3) is 0 Å². The van der Waals surface area contributed by atoms with Crippen LogP contribution in [0.5, 0.6) is 0 Å². The summed E-state index contributed by atoms with van der Waals surface area (Å²) in [7, 11) is 0. The van der Waals surface area contributed by atoms with E-state index in [4.69, 9.17) is 10.8 Å². The number of aliphatic carboxylic acids is 1. The van der Waals surface area contributed by atoms with Crippen molar-refractivity contribution in [2.24, 2.45) is 5.92 Å². The third kappa shape index (κ3) is 3.48. The third-order valence-corrected chi connectivity index (χ3v) is 4.61. The van der Waals surface area contributed by atoms with E-state index >= 15 is 0 Å². The van der Waals surface area contributed by atoms with Gasteiger partial charge in [-0.25, -0.2) is 13.8 Å². The molecule has 2 aromatic heterocycles. The molecule has 2 aromatic carbocycles.